The van der Waals surface area contributed by atoms with Gasteiger partial charge in [-0.2, -0.15) is 0 Å². The Morgan fingerprint density at radius 1 is 1.02 bits per heavy atom. The third kappa shape index (κ3) is 8.23. The van der Waals surface area contributed by atoms with Gasteiger partial charge >= 0.3 is 0 Å². The summed E-state index contributed by atoms with van der Waals surface area (Å²) in [5.41, 5.74) is 13.5. The number of imidazole rings is 1. The molecule has 16 nitrogen and oxygen atoms in total. The molecule has 0 spiro atoms. The predicted molar refractivity (Wildman–Crippen MR) is 189 cm³/mol. The number of carbonyl (C=O) groups is 3. The summed E-state index contributed by atoms with van der Waals surface area (Å²) >= 11 is 6.01. The fourth-order valence-electron chi connectivity index (χ4n) is 6.11. The molecule has 0 saturated carbocycles. The normalized spacial score (nSPS) is 13.7. The second-order valence-electron chi connectivity index (χ2n) is 12.3. The van der Waals surface area contributed by atoms with Crippen LogP contribution in [0.3, 0.4) is 0 Å². The number of nitrogens with one attached hydrogen (secondary N) is 1. The topological polar surface area (TPSA) is 219 Å². The summed E-state index contributed by atoms with van der Waals surface area (Å²) in [5.74, 6) is -0.456. The lowest BCUT2D eigenvalue weighted by Crippen LogP contribution is -2.50. The van der Waals surface area contributed by atoms with Crippen LogP contribution in [0, 0.1) is 0 Å². The number of ether oxygens (including phenoxy) is 1. The molecule has 0 radical (unpaired) electrons. The van der Waals surface area contributed by atoms with E-state index in [-0.39, 0.29) is 58.7 Å². The van der Waals surface area contributed by atoms with Crippen LogP contribution in [0.25, 0.3) is 11.0 Å². The van der Waals surface area contributed by atoms with Gasteiger partial charge in [0.15, 0.2) is 33.5 Å². The van der Waals surface area contributed by atoms with Crippen LogP contribution in [0.1, 0.15) is 77.1 Å². The van der Waals surface area contributed by atoms with E-state index in [1.165, 1.54) is 18.5 Å². The van der Waals surface area contributed by atoms with Crippen molar-refractivity contribution >= 4 is 52.0 Å². The maximum Gasteiger partial charge on any atom is 0.277 e. The first-order valence-corrected chi connectivity index (χ1v) is 17.3. The first kappa shape index (κ1) is 37.0. The minimum absolute atomic E-state index is 0.0118. The number of fused-ring (bicyclic) bond motifs is 1. The Kier molecular flexibility index (Phi) is 11.8. The van der Waals surface area contributed by atoms with Gasteiger partial charge in [-0.25, -0.2) is 19.1 Å². The number of aliphatic hydroxyl groups excluding tert-OH is 1. The van der Waals surface area contributed by atoms with Gasteiger partial charge in [-0.15, -0.1) is 0 Å². The maximum atomic E-state index is 14.2. The van der Waals surface area contributed by atoms with Gasteiger partial charge in [0.25, 0.3) is 23.5 Å². The number of pyridine rings is 1. The number of aliphatic hydroxyl groups is 1. The minimum Gasteiger partial charge on any atom is -0.506 e. The number of amides is 3. The van der Waals surface area contributed by atoms with Crippen LogP contribution >= 0.6 is 11.6 Å². The Balaban J connectivity index is 1.48. The number of nitrogen functional groups attached to an aromatic ring is 2. The van der Waals surface area contributed by atoms with Crippen LogP contribution in [0.4, 0.5) is 11.6 Å². The van der Waals surface area contributed by atoms with E-state index in [2.05, 4.69) is 27.2 Å². The maximum absolute atomic E-state index is 14.2. The van der Waals surface area contributed by atoms with E-state index in [9.17, 15) is 24.6 Å². The minimum atomic E-state index is -0.748. The molecule has 17 heteroatoms. The number of unbranched alkanes of at least 4 members (excludes halogenated alkanes) is 2. The van der Waals surface area contributed by atoms with Gasteiger partial charge in [-0.1, -0.05) is 31.4 Å². The highest BCUT2D eigenvalue weighted by molar-refractivity contribution is 6.31. The lowest BCUT2D eigenvalue weighted by Gasteiger charge is -2.35. The Hall–Kier alpha value is -5.22. The molecule has 4 aromatic rings. The molecular formula is C34H44ClN10O6+. The fourth-order valence-corrected chi connectivity index (χ4v) is 6.24. The molecule has 7 N–H and O–H groups in total. The molecule has 1 aliphatic rings. The molecule has 0 bridgehead atoms. The summed E-state index contributed by atoms with van der Waals surface area (Å²) < 4.78 is 10.1. The Bertz CT molecular complexity index is 1930. The fraction of sp³-hybridized carbons (Fsp3) is 0.441. The number of aromatic hydroxyl groups is 1. The van der Waals surface area contributed by atoms with Crippen LogP contribution < -0.4 is 26.1 Å². The second kappa shape index (κ2) is 16.2. The molecule has 272 valence electrons. The van der Waals surface area contributed by atoms with E-state index < -0.39 is 12.0 Å². The molecule has 0 unspecified atom stereocenters. The quantitative estimate of drug-likeness (QED) is 0.0994. The van der Waals surface area contributed by atoms with Gasteiger partial charge in [0.05, 0.1) is 36.6 Å². The van der Waals surface area contributed by atoms with Crippen molar-refractivity contribution < 1.29 is 33.9 Å². The summed E-state index contributed by atoms with van der Waals surface area (Å²) in [7, 11) is 0. The van der Waals surface area contributed by atoms with Crippen LogP contribution in [0.15, 0.2) is 30.6 Å². The monoisotopic (exact) mass is 723 g/mol. The van der Waals surface area contributed by atoms with E-state index in [1.807, 2.05) is 22.1 Å². The van der Waals surface area contributed by atoms with Crippen LogP contribution in [-0.4, -0.2) is 96.1 Å². The van der Waals surface area contributed by atoms with Crippen molar-refractivity contribution in [3.8, 4) is 11.5 Å². The van der Waals surface area contributed by atoms with Crippen LogP contribution in [0.2, 0.25) is 5.15 Å². The van der Waals surface area contributed by atoms with Crippen molar-refractivity contribution in [2.24, 2.45) is 0 Å². The smallest absolute Gasteiger partial charge is 0.277 e. The van der Waals surface area contributed by atoms with Gasteiger partial charge in [0.2, 0.25) is 0 Å². The van der Waals surface area contributed by atoms with Gasteiger partial charge < -0.3 is 41.5 Å². The average molecular weight is 724 g/mol. The third-order valence-electron chi connectivity index (χ3n) is 8.63. The number of aryl methyl sites for hydroxylation is 1. The molecular weight excluding hydrogens is 680 g/mol. The molecule has 1 atom stereocenters. The Morgan fingerprint density at radius 3 is 2.37 bits per heavy atom. The van der Waals surface area contributed by atoms with Crippen molar-refractivity contribution in [3.05, 3.63) is 58.4 Å². The summed E-state index contributed by atoms with van der Waals surface area (Å²) in [6.07, 6.45) is 4.67. The number of benzene rings is 1. The van der Waals surface area contributed by atoms with Gasteiger partial charge in [0, 0.05) is 44.5 Å². The number of piperazine rings is 1. The number of halogens is 1. The number of hydrogen-bond acceptors (Lipinski definition) is 11. The number of rotatable bonds is 13. The molecule has 1 aromatic carbocycles. The average Bonchev–Trinajstić information content (AvgIpc) is 3.39. The lowest BCUT2D eigenvalue weighted by atomic mass is 10.1. The van der Waals surface area contributed by atoms with Crippen LogP contribution in [0.5, 0.6) is 11.5 Å². The van der Waals surface area contributed by atoms with Crippen molar-refractivity contribution in [2.45, 2.75) is 65.8 Å². The molecule has 51 heavy (non-hydrogen) atoms. The Morgan fingerprint density at radius 2 is 1.73 bits per heavy atom. The first-order chi connectivity index (χ1) is 24.4. The zero-order valence-corrected chi connectivity index (χ0v) is 29.7. The van der Waals surface area contributed by atoms with Gasteiger partial charge in [-0.05, 0) is 26.3 Å². The highest BCUT2D eigenvalue weighted by atomic mass is 35.5. The van der Waals surface area contributed by atoms with Crippen molar-refractivity contribution in [2.75, 3.05) is 44.3 Å². The molecule has 4 heterocycles. The molecule has 1 aliphatic heterocycles. The first-order valence-electron chi connectivity index (χ1n) is 16.9. The van der Waals surface area contributed by atoms with Gasteiger partial charge in [-0.3, -0.25) is 19.4 Å². The van der Waals surface area contributed by atoms with E-state index in [4.69, 9.17) is 27.8 Å². The number of nitrogens with two attached hydrogens (primary N) is 2. The second-order valence-corrected chi connectivity index (χ2v) is 12.7. The SMILES string of the molecule is CCCCCOc1cc2c(cc1C(=O)N1CCN(C(=O)c3cncc(O)c3)CC1)[n+](CC)c(CNC(=O)c1nc(Cl)c(N)nc1N)n2C[C@H](C)O. The summed E-state index contributed by atoms with van der Waals surface area (Å²) in [5, 5.41) is 23.0. The van der Waals surface area contributed by atoms with Crippen LogP contribution in [-0.2, 0) is 19.6 Å². The Labute approximate surface area is 300 Å². The standard InChI is InChI=1S/C34H43ClN10O6/c1-4-6-7-12-51-26-15-25-24(14-23(26)34(50)43-10-8-42(9-11-43)33(49)21-13-22(47)17-38-16-21)44(5-2)27(45(25)19-20(3)46)18-39-32(48)28-30(36)41-31(37)29(35)40-28/h13-17,20,46H,4-12,18-19H2,1-3H3,(H5-,36,37,39,41,47,48)/p+1/t20-/m0/s1. The number of hydrogen-bond donors (Lipinski definition) is 5. The van der Waals surface area contributed by atoms with E-state index in [0.29, 0.717) is 67.5 Å². The van der Waals surface area contributed by atoms with E-state index in [1.54, 1.807) is 22.8 Å². The molecule has 3 amide bonds. The van der Waals surface area contributed by atoms with E-state index >= 15 is 0 Å². The zero-order chi connectivity index (χ0) is 36.8. The molecule has 1 saturated heterocycles. The summed E-state index contributed by atoms with van der Waals surface area (Å²) in [4.78, 5) is 55.6. The number of nitrogens with zero attached hydrogens (tertiary/aromatic N) is 7. The van der Waals surface area contributed by atoms with Crippen molar-refractivity contribution in [1.82, 2.24) is 34.6 Å². The molecule has 0 aliphatic carbocycles. The number of carbonyl (C=O) groups excluding carboxylic acids is 3. The highest BCUT2D eigenvalue weighted by Crippen LogP contribution is 2.29. The summed E-state index contributed by atoms with van der Waals surface area (Å²) in [6.45, 7) is 7.96. The molecule has 1 fully saturated rings. The number of aromatic nitrogens is 5. The van der Waals surface area contributed by atoms with Crippen molar-refractivity contribution in [3.63, 3.8) is 0 Å². The highest BCUT2D eigenvalue weighted by Gasteiger charge is 2.32. The number of anilines is 2. The lowest BCUT2D eigenvalue weighted by molar-refractivity contribution is -0.676. The largest absolute Gasteiger partial charge is 0.506 e. The third-order valence-corrected chi connectivity index (χ3v) is 8.91. The molecule has 5 rings (SSSR count). The predicted octanol–water partition coefficient (Wildman–Crippen LogP) is 2.14. The van der Waals surface area contributed by atoms with E-state index in [0.717, 1.165) is 19.3 Å². The molecule has 3 aromatic heterocycles. The van der Waals surface area contributed by atoms with Crippen molar-refractivity contribution in [1.29, 1.82) is 0 Å². The zero-order valence-electron chi connectivity index (χ0n) is 28.9. The van der Waals surface area contributed by atoms with Gasteiger partial charge in [0.1, 0.15) is 24.6 Å². The summed E-state index contributed by atoms with van der Waals surface area (Å²) in [6, 6.07) is 4.97.